The molecule has 0 aromatic carbocycles. The van der Waals surface area contributed by atoms with Crippen molar-refractivity contribution >= 4 is 5.97 Å². The SMILES string of the molecule is CCOC(=O)CCCCCNCCCOCCOC. The van der Waals surface area contributed by atoms with Crippen molar-refractivity contribution in [3.63, 3.8) is 0 Å². The van der Waals surface area contributed by atoms with Crippen molar-refractivity contribution in [1.82, 2.24) is 5.32 Å². The summed E-state index contributed by atoms with van der Waals surface area (Å²) in [7, 11) is 1.67. The molecule has 0 saturated heterocycles. The van der Waals surface area contributed by atoms with Crippen LogP contribution in [-0.4, -0.2) is 52.6 Å². The van der Waals surface area contributed by atoms with Gasteiger partial charge in [-0.1, -0.05) is 6.42 Å². The highest BCUT2D eigenvalue weighted by Gasteiger charge is 2.00. The average Bonchev–Trinajstić information content (AvgIpc) is 2.40. The molecule has 0 atom stereocenters. The number of carbonyl (C=O) groups is 1. The van der Waals surface area contributed by atoms with Crippen LogP contribution in [0.3, 0.4) is 0 Å². The predicted octanol–water partition coefficient (Wildman–Crippen LogP) is 1.75. The van der Waals surface area contributed by atoms with E-state index in [1.54, 1.807) is 7.11 Å². The van der Waals surface area contributed by atoms with Crippen LogP contribution in [0.1, 0.15) is 39.0 Å². The molecule has 0 aliphatic heterocycles. The minimum absolute atomic E-state index is 0.0799. The molecule has 5 nitrogen and oxygen atoms in total. The smallest absolute Gasteiger partial charge is 0.305 e. The van der Waals surface area contributed by atoms with Crippen LogP contribution in [-0.2, 0) is 19.0 Å². The third-order valence-corrected chi connectivity index (χ3v) is 2.61. The molecule has 0 aliphatic carbocycles. The second kappa shape index (κ2) is 15.4. The summed E-state index contributed by atoms with van der Waals surface area (Å²) in [5, 5.41) is 3.36. The normalized spacial score (nSPS) is 10.6. The van der Waals surface area contributed by atoms with Crippen molar-refractivity contribution in [2.45, 2.75) is 39.0 Å². The van der Waals surface area contributed by atoms with Crippen LogP contribution in [0.2, 0.25) is 0 Å². The van der Waals surface area contributed by atoms with Gasteiger partial charge in [-0.2, -0.15) is 0 Å². The third-order valence-electron chi connectivity index (χ3n) is 2.61. The highest BCUT2D eigenvalue weighted by Crippen LogP contribution is 2.00. The number of esters is 1. The van der Waals surface area contributed by atoms with E-state index in [4.69, 9.17) is 14.2 Å². The van der Waals surface area contributed by atoms with Gasteiger partial charge in [0.2, 0.25) is 0 Å². The molecule has 0 bridgehead atoms. The van der Waals surface area contributed by atoms with E-state index in [1.807, 2.05) is 6.92 Å². The van der Waals surface area contributed by atoms with Crippen LogP contribution in [0.5, 0.6) is 0 Å². The van der Waals surface area contributed by atoms with Gasteiger partial charge < -0.3 is 19.5 Å². The Kier molecular flexibility index (Phi) is 14.9. The maximum absolute atomic E-state index is 11.1. The Balaban J connectivity index is 3.01. The molecular formula is C14H29NO4. The van der Waals surface area contributed by atoms with E-state index in [0.717, 1.165) is 45.4 Å². The summed E-state index contributed by atoms with van der Waals surface area (Å²) < 4.78 is 15.1. The molecule has 0 heterocycles. The maximum atomic E-state index is 11.1. The fraction of sp³-hybridized carbons (Fsp3) is 0.929. The van der Waals surface area contributed by atoms with Gasteiger partial charge in [0, 0.05) is 20.1 Å². The average molecular weight is 275 g/mol. The van der Waals surface area contributed by atoms with Gasteiger partial charge in [0.15, 0.2) is 0 Å². The summed E-state index contributed by atoms with van der Waals surface area (Å²) in [6.45, 7) is 6.40. The molecule has 0 amide bonds. The van der Waals surface area contributed by atoms with Gasteiger partial charge in [-0.05, 0) is 39.3 Å². The monoisotopic (exact) mass is 275 g/mol. The first kappa shape index (κ1) is 18.4. The lowest BCUT2D eigenvalue weighted by atomic mass is 10.2. The van der Waals surface area contributed by atoms with Crippen LogP contribution in [0.4, 0.5) is 0 Å². The Morgan fingerprint density at radius 1 is 1.00 bits per heavy atom. The molecule has 0 fully saturated rings. The molecule has 19 heavy (non-hydrogen) atoms. The quantitative estimate of drug-likeness (QED) is 0.387. The maximum Gasteiger partial charge on any atom is 0.305 e. The summed E-state index contributed by atoms with van der Waals surface area (Å²) in [5.74, 6) is -0.0799. The lowest BCUT2D eigenvalue weighted by Gasteiger charge is -2.06. The molecule has 114 valence electrons. The Bertz CT molecular complexity index is 200. The number of hydrogen-bond donors (Lipinski definition) is 1. The highest BCUT2D eigenvalue weighted by atomic mass is 16.5. The Morgan fingerprint density at radius 3 is 2.53 bits per heavy atom. The van der Waals surface area contributed by atoms with Crippen LogP contribution >= 0.6 is 0 Å². The van der Waals surface area contributed by atoms with E-state index < -0.39 is 0 Å². The van der Waals surface area contributed by atoms with Crippen LogP contribution in [0.25, 0.3) is 0 Å². The Hall–Kier alpha value is -0.650. The number of nitrogens with one attached hydrogen (secondary N) is 1. The van der Waals surface area contributed by atoms with Crippen LogP contribution in [0, 0.1) is 0 Å². The summed E-state index contributed by atoms with van der Waals surface area (Å²) >= 11 is 0. The number of methoxy groups -OCH3 is 1. The highest BCUT2D eigenvalue weighted by molar-refractivity contribution is 5.69. The first-order valence-electron chi connectivity index (χ1n) is 7.24. The van der Waals surface area contributed by atoms with Gasteiger partial charge in [0.1, 0.15) is 0 Å². The van der Waals surface area contributed by atoms with E-state index in [2.05, 4.69) is 5.32 Å². The fourth-order valence-electron chi connectivity index (χ4n) is 1.60. The van der Waals surface area contributed by atoms with Gasteiger partial charge >= 0.3 is 5.97 Å². The molecule has 0 aliphatic rings. The zero-order chi connectivity index (χ0) is 14.2. The first-order chi connectivity index (χ1) is 9.31. The Morgan fingerprint density at radius 2 is 1.79 bits per heavy atom. The third kappa shape index (κ3) is 15.3. The summed E-state index contributed by atoms with van der Waals surface area (Å²) in [6, 6.07) is 0. The van der Waals surface area contributed by atoms with Gasteiger partial charge in [-0.25, -0.2) is 0 Å². The minimum Gasteiger partial charge on any atom is -0.466 e. The second-order valence-electron chi connectivity index (χ2n) is 4.32. The van der Waals surface area contributed by atoms with Gasteiger partial charge in [-0.3, -0.25) is 4.79 Å². The van der Waals surface area contributed by atoms with Crippen molar-refractivity contribution < 1.29 is 19.0 Å². The number of ether oxygens (including phenoxy) is 3. The zero-order valence-corrected chi connectivity index (χ0v) is 12.4. The molecule has 0 rings (SSSR count). The van der Waals surface area contributed by atoms with Gasteiger partial charge in [0.25, 0.3) is 0 Å². The molecule has 0 aromatic rings. The Labute approximate surface area is 117 Å². The molecule has 0 radical (unpaired) electrons. The lowest BCUT2D eigenvalue weighted by molar-refractivity contribution is -0.143. The second-order valence-corrected chi connectivity index (χ2v) is 4.32. The minimum atomic E-state index is -0.0799. The van der Waals surface area contributed by atoms with Gasteiger partial charge in [0.05, 0.1) is 19.8 Å². The topological polar surface area (TPSA) is 56.8 Å². The lowest BCUT2D eigenvalue weighted by Crippen LogP contribution is -2.18. The molecule has 0 unspecified atom stereocenters. The van der Waals surface area contributed by atoms with Crippen molar-refractivity contribution in [1.29, 1.82) is 0 Å². The zero-order valence-electron chi connectivity index (χ0n) is 12.4. The molecular weight excluding hydrogens is 246 g/mol. The molecule has 0 spiro atoms. The van der Waals surface area contributed by atoms with E-state index in [0.29, 0.717) is 26.2 Å². The number of rotatable bonds is 14. The van der Waals surface area contributed by atoms with E-state index in [1.165, 1.54) is 0 Å². The number of carbonyl (C=O) groups excluding carboxylic acids is 1. The van der Waals surface area contributed by atoms with Crippen molar-refractivity contribution in [2.24, 2.45) is 0 Å². The molecule has 5 heteroatoms. The predicted molar refractivity (Wildman–Crippen MR) is 75.3 cm³/mol. The largest absolute Gasteiger partial charge is 0.466 e. The van der Waals surface area contributed by atoms with E-state index >= 15 is 0 Å². The summed E-state index contributed by atoms with van der Waals surface area (Å²) in [5.41, 5.74) is 0. The van der Waals surface area contributed by atoms with Crippen LogP contribution in [0.15, 0.2) is 0 Å². The number of unbranched alkanes of at least 4 members (excludes halogenated alkanes) is 2. The molecule has 0 saturated carbocycles. The van der Waals surface area contributed by atoms with Crippen molar-refractivity contribution in [3.05, 3.63) is 0 Å². The summed E-state index contributed by atoms with van der Waals surface area (Å²) in [4.78, 5) is 11.1. The van der Waals surface area contributed by atoms with Crippen molar-refractivity contribution in [3.8, 4) is 0 Å². The van der Waals surface area contributed by atoms with Crippen LogP contribution < -0.4 is 5.32 Å². The first-order valence-corrected chi connectivity index (χ1v) is 7.24. The molecule has 1 N–H and O–H groups in total. The standard InChI is InChI=1S/C14H29NO4/c1-3-19-14(16)8-5-4-6-9-15-10-7-11-18-13-12-17-2/h15H,3-13H2,1-2H3. The fourth-order valence-corrected chi connectivity index (χ4v) is 1.60. The van der Waals surface area contributed by atoms with Gasteiger partial charge in [-0.15, -0.1) is 0 Å². The molecule has 0 aromatic heterocycles. The van der Waals surface area contributed by atoms with Crippen molar-refractivity contribution in [2.75, 3.05) is 46.6 Å². The summed E-state index contributed by atoms with van der Waals surface area (Å²) in [6.07, 6.45) is 4.65. The van der Waals surface area contributed by atoms with E-state index in [9.17, 15) is 4.79 Å². The number of hydrogen-bond acceptors (Lipinski definition) is 5. The van der Waals surface area contributed by atoms with E-state index in [-0.39, 0.29) is 5.97 Å².